The van der Waals surface area contributed by atoms with Crippen LogP contribution >= 0.6 is 0 Å². The van der Waals surface area contributed by atoms with Crippen molar-refractivity contribution in [3.63, 3.8) is 0 Å². The third kappa shape index (κ3) is 4.47. The number of aliphatic hydroxyl groups is 1. The predicted molar refractivity (Wildman–Crippen MR) is 90.7 cm³/mol. The van der Waals surface area contributed by atoms with Gasteiger partial charge >= 0.3 is 0 Å². The predicted octanol–water partition coefficient (Wildman–Crippen LogP) is 4.93. The van der Waals surface area contributed by atoms with E-state index >= 15 is 0 Å². The van der Waals surface area contributed by atoms with Crippen molar-refractivity contribution in [1.29, 1.82) is 0 Å². The highest BCUT2D eigenvalue weighted by molar-refractivity contribution is 5.49. The summed E-state index contributed by atoms with van der Waals surface area (Å²) < 4.78 is 0. The van der Waals surface area contributed by atoms with Gasteiger partial charge in [0, 0.05) is 18.3 Å². The van der Waals surface area contributed by atoms with E-state index in [0.717, 1.165) is 24.4 Å². The van der Waals surface area contributed by atoms with E-state index in [1.165, 1.54) is 37.8 Å². The summed E-state index contributed by atoms with van der Waals surface area (Å²) in [6.45, 7) is 7.77. The fourth-order valence-corrected chi connectivity index (χ4v) is 3.26. The van der Waals surface area contributed by atoms with Crippen molar-refractivity contribution in [1.82, 2.24) is 0 Å². The summed E-state index contributed by atoms with van der Waals surface area (Å²) in [6, 6.07) is 9.31. The fourth-order valence-electron chi connectivity index (χ4n) is 3.26. The van der Waals surface area contributed by atoms with Crippen LogP contribution in [0.3, 0.4) is 0 Å². The number of rotatable bonds is 7. The summed E-state index contributed by atoms with van der Waals surface area (Å²) in [5, 5.41) is 9.93. The molecule has 118 valence electrons. The van der Waals surface area contributed by atoms with E-state index in [1.807, 2.05) is 6.92 Å². The van der Waals surface area contributed by atoms with Gasteiger partial charge in [-0.05, 0) is 49.3 Å². The molecule has 0 saturated heterocycles. The van der Waals surface area contributed by atoms with Crippen molar-refractivity contribution in [2.45, 2.75) is 71.4 Å². The lowest BCUT2D eigenvalue weighted by Crippen LogP contribution is -2.34. The first-order valence-electron chi connectivity index (χ1n) is 8.66. The molecule has 0 heterocycles. The summed E-state index contributed by atoms with van der Waals surface area (Å²) in [4.78, 5) is 2.61. The standard InChI is InChI=1S/C19H31NO/c1-4-19(21)16-9-11-18(12-10-16)20(14-13-15(2)3)17-7-5-6-8-17/h9-12,15,17,19,21H,4-8,13-14H2,1-3H3/t19-/m1/s1. The topological polar surface area (TPSA) is 23.5 Å². The highest BCUT2D eigenvalue weighted by Crippen LogP contribution is 2.30. The monoisotopic (exact) mass is 289 g/mol. The maximum absolute atomic E-state index is 9.93. The number of hydrogen-bond acceptors (Lipinski definition) is 2. The molecule has 0 spiro atoms. The smallest absolute Gasteiger partial charge is 0.0787 e. The van der Waals surface area contributed by atoms with Crippen molar-refractivity contribution < 1.29 is 5.11 Å². The number of nitrogens with zero attached hydrogens (tertiary/aromatic N) is 1. The molecule has 0 aromatic heterocycles. The molecule has 0 aliphatic heterocycles. The first-order valence-corrected chi connectivity index (χ1v) is 8.66. The van der Waals surface area contributed by atoms with E-state index in [0.29, 0.717) is 6.04 Å². The fraction of sp³-hybridized carbons (Fsp3) is 0.684. The number of anilines is 1. The molecule has 2 heteroatoms. The Morgan fingerprint density at radius 2 is 1.76 bits per heavy atom. The van der Waals surface area contributed by atoms with Gasteiger partial charge in [0.15, 0.2) is 0 Å². The SMILES string of the molecule is CC[C@@H](O)c1ccc(N(CCC(C)C)C2CCCC2)cc1. The van der Waals surface area contributed by atoms with Crippen LogP contribution < -0.4 is 4.90 Å². The normalized spacial score (nSPS) is 17.4. The van der Waals surface area contributed by atoms with E-state index in [1.54, 1.807) is 0 Å². The molecule has 0 amide bonds. The zero-order valence-corrected chi connectivity index (χ0v) is 13.9. The van der Waals surface area contributed by atoms with E-state index in [-0.39, 0.29) is 6.10 Å². The molecule has 1 aliphatic carbocycles. The summed E-state index contributed by atoms with van der Waals surface area (Å²) in [6.07, 6.45) is 7.10. The molecule has 1 aromatic carbocycles. The number of hydrogen-bond donors (Lipinski definition) is 1. The molecule has 0 bridgehead atoms. The molecular weight excluding hydrogens is 258 g/mol. The Bertz CT molecular complexity index is 406. The van der Waals surface area contributed by atoms with E-state index in [9.17, 15) is 5.11 Å². The maximum atomic E-state index is 9.93. The number of benzene rings is 1. The molecule has 0 unspecified atom stereocenters. The second-order valence-electron chi connectivity index (χ2n) is 6.83. The van der Waals surface area contributed by atoms with Crippen LogP contribution in [0.15, 0.2) is 24.3 Å². The van der Waals surface area contributed by atoms with Crippen molar-refractivity contribution in [3.8, 4) is 0 Å². The first-order chi connectivity index (χ1) is 10.1. The molecule has 1 saturated carbocycles. The minimum Gasteiger partial charge on any atom is -0.388 e. The average Bonchev–Trinajstić information content (AvgIpc) is 3.01. The van der Waals surface area contributed by atoms with Gasteiger partial charge < -0.3 is 10.0 Å². The van der Waals surface area contributed by atoms with Gasteiger partial charge in [-0.2, -0.15) is 0 Å². The Kier molecular flexibility index (Phi) is 6.10. The van der Waals surface area contributed by atoms with Gasteiger partial charge in [0.1, 0.15) is 0 Å². The van der Waals surface area contributed by atoms with Crippen LogP contribution in [0.2, 0.25) is 0 Å². The zero-order chi connectivity index (χ0) is 15.2. The quantitative estimate of drug-likeness (QED) is 0.769. The minimum absolute atomic E-state index is 0.324. The van der Waals surface area contributed by atoms with Gasteiger partial charge in [0.05, 0.1) is 6.10 Å². The summed E-state index contributed by atoms with van der Waals surface area (Å²) >= 11 is 0. The van der Waals surface area contributed by atoms with Crippen LogP contribution in [0.25, 0.3) is 0 Å². The zero-order valence-electron chi connectivity index (χ0n) is 13.9. The van der Waals surface area contributed by atoms with Crippen molar-refractivity contribution in [2.75, 3.05) is 11.4 Å². The van der Waals surface area contributed by atoms with Crippen molar-refractivity contribution >= 4 is 5.69 Å². The molecule has 0 radical (unpaired) electrons. The van der Waals surface area contributed by atoms with Gasteiger partial charge in [-0.15, -0.1) is 0 Å². The molecule has 1 aliphatic rings. The Balaban J connectivity index is 2.11. The summed E-state index contributed by atoms with van der Waals surface area (Å²) in [7, 11) is 0. The Morgan fingerprint density at radius 3 is 2.29 bits per heavy atom. The second-order valence-corrected chi connectivity index (χ2v) is 6.83. The van der Waals surface area contributed by atoms with Crippen LogP contribution in [-0.4, -0.2) is 17.7 Å². The third-order valence-corrected chi connectivity index (χ3v) is 4.71. The largest absolute Gasteiger partial charge is 0.388 e. The van der Waals surface area contributed by atoms with Gasteiger partial charge in [-0.1, -0.05) is 45.7 Å². The molecule has 1 N–H and O–H groups in total. The lowest BCUT2D eigenvalue weighted by atomic mass is 10.0. The van der Waals surface area contributed by atoms with Gasteiger partial charge in [0.2, 0.25) is 0 Å². The average molecular weight is 289 g/mol. The Morgan fingerprint density at radius 1 is 1.14 bits per heavy atom. The molecule has 1 aromatic rings. The van der Waals surface area contributed by atoms with E-state index < -0.39 is 0 Å². The van der Waals surface area contributed by atoms with Crippen LogP contribution in [0.4, 0.5) is 5.69 Å². The molecule has 2 rings (SSSR count). The lowest BCUT2D eigenvalue weighted by molar-refractivity contribution is 0.173. The van der Waals surface area contributed by atoms with Gasteiger partial charge in [-0.3, -0.25) is 0 Å². The van der Waals surface area contributed by atoms with Crippen molar-refractivity contribution in [2.24, 2.45) is 5.92 Å². The van der Waals surface area contributed by atoms with Crippen LogP contribution in [0.5, 0.6) is 0 Å². The van der Waals surface area contributed by atoms with Crippen LogP contribution in [0.1, 0.15) is 71.0 Å². The Hall–Kier alpha value is -1.02. The van der Waals surface area contributed by atoms with Crippen LogP contribution in [0, 0.1) is 5.92 Å². The molecule has 2 nitrogen and oxygen atoms in total. The maximum Gasteiger partial charge on any atom is 0.0787 e. The second kappa shape index (κ2) is 7.84. The highest BCUT2D eigenvalue weighted by atomic mass is 16.3. The van der Waals surface area contributed by atoms with Gasteiger partial charge in [0.25, 0.3) is 0 Å². The first kappa shape index (κ1) is 16.4. The Labute approximate surface area is 130 Å². The summed E-state index contributed by atoms with van der Waals surface area (Å²) in [5.41, 5.74) is 2.37. The highest BCUT2D eigenvalue weighted by Gasteiger charge is 2.23. The molecule has 1 atom stereocenters. The number of aliphatic hydroxyl groups excluding tert-OH is 1. The van der Waals surface area contributed by atoms with E-state index in [2.05, 4.69) is 43.0 Å². The lowest BCUT2D eigenvalue weighted by Gasteiger charge is -2.32. The molecule has 21 heavy (non-hydrogen) atoms. The minimum atomic E-state index is -0.324. The summed E-state index contributed by atoms with van der Waals surface area (Å²) in [5.74, 6) is 0.745. The van der Waals surface area contributed by atoms with Crippen LogP contribution in [-0.2, 0) is 0 Å². The molecule has 1 fully saturated rings. The van der Waals surface area contributed by atoms with E-state index in [4.69, 9.17) is 0 Å². The molecular formula is C19H31NO. The van der Waals surface area contributed by atoms with Gasteiger partial charge in [-0.25, -0.2) is 0 Å². The van der Waals surface area contributed by atoms with Crippen molar-refractivity contribution in [3.05, 3.63) is 29.8 Å². The third-order valence-electron chi connectivity index (χ3n) is 4.71.